The third-order valence-electron chi connectivity index (χ3n) is 12.5. The summed E-state index contributed by atoms with van der Waals surface area (Å²) in [6.07, 6.45) is 8.78. The summed E-state index contributed by atoms with van der Waals surface area (Å²) in [7, 11) is 0. The normalized spacial score (nSPS) is 44.8. The van der Waals surface area contributed by atoms with Crippen LogP contribution in [-0.2, 0) is 14.3 Å². The molecule has 0 saturated heterocycles. The second kappa shape index (κ2) is 9.66. The van der Waals surface area contributed by atoms with Gasteiger partial charge in [-0.15, -0.1) is 0 Å². The molecule has 37 heavy (non-hydrogen) atoms. The van der Waals surface area contributed by atoms with Crippen LogP contribution in [-0.4, -0.2) is 28.8 Å². The second-order valence-corrected chi connectivity index (χ2v) is 15.2. The predicted octanol–water partition coefficient (Wildman–Crippen LogP) is 7.68. The fourth-order valence-electron chi connectivity index (χ4n) is 10.4. The number of nitrogens with zero attached hydrogens (tertiary/aromatic N) is 1. The van der Waals surface area contributed by atoms with E-state index in [1.807, 2.05) is 0 Å². The monoisotopic (exact) mass is 515 g/mol. The number of ketones is 1. The first-order chi connectivity index (χ1) is 17.1. The number of esters is 1. The van der Waals surface area contributed by atoms with Gasteiger partial charge in [-0.05, 0) is 72.0 Å². The topological polar surface area (TPSA) is 76.0 Å². The lowest BCUT2D eigenvalue weighted by Crippen LogP contribution is -2.67. The quantitative estimate of drug-likeness (QED) is 0.223. The van der Waals surface area contributed by atoms with Gasteiger partial charge >= 0.3 is 5.97 Å². The number of Topliss-reactive ketones (excluding diaryl/α,β-unsaturated/α-hetero) is 1. The molecule has 210 valence electrons. The number of ether oxygens (including phenoxy) is 1. The first-order valence-electron chi connectivity index (χ1n) is 15.0. The molecule has 4 aliphatic rings. The van der Waals surface area contributed by atoms with Crippen LogP contribution >= 0.6 is 0 Å². The highest BCUT2D eigenvalue weighted by molar-refractivity contribution is 5.97. The van der Waals surface area contributed by atoms with E-state index in [-0.39, 0.29) is 51.5 Å². The lowest BCUT2D eigenvalue weighted by atomic mass is 9.37. The van der Waals surface area contributed by atoms with Gasteiger partial charge in [0.05, 0.1) is 5.71 Å². The van der Waals surface area contributed by atoms with Crippen molar-refractivity contribution in [3.05, 3.63) is 0 Å². The molecule has 0 aromatic carbocycles. The molecule has 0 amide bonds. The van der Waals surface area contributed by atoms with Crippen LogP contribution in [0.1, 0.15) is 120 Å². The van der Waals surface area contributed by atoms with Crippen molar-refractivity contribution in [1.82, 2.24) is 0 Å². The number of carbonyl (C=O) groups excluding carboxylic acids is 2. The van der Waals surface area contributed by atoms with Gasteiger partial charge in [0.25, 0.3) is 0 Å². The van der Waals surface area contributed by atoms with E-state index in [9.17, 15) is 14.8 Å². The van der Waals surface area contributed by atoms with Crippen molar-refractivity contribution in [3.63, 3.8) is 0 Å². The Morgan fingerprint density at radius 1 is 1.03 bits per heavy atom. The van der Waals surface area contributed by atoms with Crippen LogP contribution in [0.5, 0.6) is 0 Å². The molecular formula is C32H53NO4. The van der Waals surface area contributed by atoms with Gasteiger partial charge in [0.2, 0.25) is 0 Å². The van der Waals surface area contributed by atoms with E-state index < -0.39 is 0 Å². The molecular weight excluding hydrogens is 462 g/mol. The zero-order valence-electron chi connectivity index (χ0n) is 25.0. The average Bonchev–Trinajstić information content (AvgIpc) is 3.06. The fraction of sp³-hybridized carbons (Fsp3) is 0.906. The Morgan fingerprint density at radius 2 is 1.70 bits per heavy atom. The van der Waals surface area contributed by atoms with Crippen LogP contribution in [0.25, 0.3) is 0 Å². The van der Waals surface area contributed by atoms with Crippen molar-refractivity contribution in [3.8, 4) is 0 Å². The third-order valence-corrected chi connectivity index (χ3v) is 12.5. The summed E-state index contributed by atoms with van der Waals surface area (Å²) < 4.78 is 5.80. The third kappa shape index (κ3) is 4.29. The minimum absolute atomic E-state index is 0.0149. The minimum Gasteiger partial charge on any atom is -0.462 e. The Hall–Kier alpha value is -1.39. The Morgan fingerprint density at radius 3 is 2.30 bits per heavy atom. The average molecular weight is 516 g/mol. The van der Waals surface area contributed by atoms with E-state index in [4.69, 9.17) is 4.74 Å². The van der Waals surface area contributed by atoms with E-state index in [0.29, 0.717) is 30.5 Å². The van der Waals surface area contributed by atoms with Crippen molar-refractivity contribution < 1.29 is 19.5 Å². The Labute approximate surface area is 225 Å². The number of oxime groups is 1. The highest BCUT2D eigenvalue weighted by atomic mass is 16.5. The van der Waals surface area contributed by atoms with Crippen LogP contribution in [0.3, 0.4) is 0 Å². The van der Waals surface area contributed by atoms with Gasteiger partial charge in [-0.1, -0.05) is 79.8 Å². The van der Waals surface area contributed by atoms with E-state index in [1.54, 1.807) is 0 Å². The van der Waals surface area contributed by atoms with Gasteiger partial charge in [-0.2, -0.15) is 0 Å². The number of hydrogen-bond donors (Lipinski definition) is 1. The molecule has 0 heterocycles. The van der Waals surface area contributed by atoms with Crippen molar-refractivity contribution in [2.24, 2.45) is 62.3 Å². The molecule has 0 radical (unpaired) electrons. The largest absolute Gasteiger partial charge is 0.462 e. The summed E-state index contributed by atoms with van der Waals surface area (Å²) in [4.78, 5) is 26.2. The van der Waals surface area contributed by atoms with E-state index in [1.165, 1.54) is 26.2 Å². The summed E-state index contributed by atoms with van der Waals surface area (Å²) in [6, 6.07) is 0. The van der Waals surface area contributed by atoms with E-state index in [2.05, 4.69) is 60.5 Å². The van der Waals surface area contributed by atoms with E-state index >= 15 is 0 Å². The van der Waals surface area contributed by atoms with Gasteiger partial charge in [0, 0.05) is 30.6 Å². The van der Waals surface area contributed by atoms with Gasteiger partial charge in [-0.25, -0.2) is 0 Å². The molecule has 4 fully saturated rings. The van der Waals surface area contributed by atoms with Crippen molar-refractivity contribution in [2.45, 2.75) is 126 Å². The molecule has 0 bridgehead atoms. The van der Waals surface area contributed by atoms with Crippen molar-refractivity contribution in [2.75, 3.05) is 0 Å². The first kappa shape index (κ1) is 28.6. The lowest BCUT2D eigenvalue weighted by molar-refractivity contribution is -0.190. The van der Waals surface area contributed by atoms with E-state index in [0.717, 1.165) is 37.3 Å². The smallest absolute Gasteiger partial charge is 0.302 e. The Kier molecular flexibility index (Phi) is 7.47. The number of rotatable bonds is 6. The summed E-state index contributed by atoms with van der Waals surface area (Å²) in [6.45, 7) is 20.0. The highest BCUT2D eigenvalue weighted by Crippen LogP contribution is 2.73. The summed E-state index contributed by atoms with van der Waals surface area (Å²) in [5.74, 6) is 1.94. The molecule has 1 N–H and O–H groups in total. The molecule has 0 unspecified atom stereocenters. The zero-order valence-corrected chi connectivity index (χ0v) is 25.0. The lowest BCUT2D eigenvalue weighted by Gasteiger charge is -2.66. The van der Waals surface area contributed by atoms with Crippen LogP contribution in [0, 0.1) is 57.2 Å². The minimum atomic E-state index is -0.301. The molecule has 4 aliphatic carbocycles. The van der Waals surface area contributed by atoms with Gasteiger partial charge in [0.1, 0.15) is 11.9 Å². The SMILES string of the molecule is CC(=O)O[C@H]1CC[C@]2(C)[C@H]3C(=O)C[C@]4(C)[C@@H]([C@H](C)CCCC(C)C)CC[C@@]4(C)[C@@H]3/C(=N\O)C[C@H]2C1(C)C. The summed E-state index contributed by atoms with van der Waals surface area (Å²) in [5.41, 5.74) is 0.187. The number of fused-ring (bicyclic) bond motifs is 5. The molecule has 0 aromatic heterocycles. The van der Waals surface area contributed by atoms with Crippen LogP contribution in [0.15, 0.2) is 5.16 Å². The van der Waals surface area contributed by atoms with Crippen LogP contribution < -0.4 is 0 Å². The molecule has 0 spiro atoms. The molecule has 4 saturated carbocycles. The first-order valence-corrected chi connectivity index (χ1v) is 15.0. The maximum atomic E-state index is 14.4. The number of hydrogen-bond acceptors (Lipinski definition) is 5. The predicted molar refractivity (Wildman–Crippen MR) is 147 cm³/mol. The maximum Gasteiger partial charge on any atom is 0.302 e. The molecule has 0 aliphatic heterocycles. The molecule has 4 rings (SSSR count). The molecule has 5 heteroatoms. The van der Waals surface area contributed by atoms with Gasteiger partial charge in [0.15, 0.2) is 0 Å². The second-order valence-electron chi connectivity index (χ2n) is 15.2. The zero-order chi connectivity index (χ0) is 27.6. The molecule has 0 aromatic rings. The molecule has 9 atom stereocenters. The summed E-state index contributed by atoms with van der Waals surface area (Å²) >= 11 is 0. The standard InChI is InChI=1S/C32H53NO4/c1-19(2)11-10-12-20(3)22-13-16-31(8)27-23(33-36)17-25-29(5,6)26(37-21(4)34)14-15-30(25,7)28(27)24(35)18-32(22,31)9/h19-20,22,25-28,36H,10-18H2,1-9H3/b33-23-/t20-,22-,25+,26+,27-,28+,30+,31+,32-/m1/s1. The Balaban J connectivity index is 1.69. The van der Waals surface area contributed by atoms with Crippen LogP contribution in [0.2, 0.25) is 0 Å². The molecule has 5 nitrogen and oxygen atoms in total. The van der Waals surface area contributed by atoms with Crippen LogP contribution in [0.4, 0.5) is 0 Å². The maximum absolute atomic E-state index is 14.4. The number of carbonyl (C=O) groups is 2. The fourth-order valence-corrected chi connectivity index (χ4v) is 10.4. The van der Waals surface area contributed by atoms with Crippen molar-refractivity contribution in [1.29, 1.82) is 0 Å². The van der Waals surface area contributed by atoms with Gasteiger partial charge in [-0.3, -0.25) is 9.59 Å². The van der Waals surface area contributed by atoms with Gasteiger partial charge < -0.3 is 9.94 Å². The summed E-state index contributed by atoms with van der Waals surface area (Å²) in [5, 5.41) is 14.4. The highest BCUT2D eigenvalue weighted by Gasteiger charge is 2.72. The van der Waals surface area contributed by atoms with Crippen molar-refractivity contribution >= 4 is 17.5 Å². The Bertz CT molecular complexity index is 939.